The first kappa shape index (κ1) is 11.9. The number of aromatic nitrogens is 3. The lowest BCUT2D eigenvalue weighted by Crippen LogP contribution is -2.18. The van der Waals surface area contributed by atoms with Crippen molar-refractivity contribution in [2.24, 2.45) is 7.05 Å². The van der Waals surface area contributed by atoms with Crippen molar-refractivity contribution >= 4 is 0 Å². The second kappa shape index (κ2) is 4.71. The molecular weight excluding hydrogens is 216 g/mol. The molecule has 0 aliphatic heterocycles. The van der Waals surface area contributed by atoms with Crippen LogP contribution in [0.15, 0.2) is 16.8 Å². The van der Waals surface area contributed by atoms with Gasteiger partial charge in [0, 0.05) is 37.0 Å². The van der Waals surface area contributed by atoms with Crippen molar-refractivity contribution in [2.75, 3.05) is 0 Å². The zero-order valence-corrected chi connectivity index (χ0v) is 10.7. The van der Waals surface area contributed by atoms with Crippen LogP contribution in [-0.4, -0.2) is 14.9 Å². The molecule has 0 radical (unpaired) electrons. The number of aryl methyl sites for hydroxylation is 2. The van der Waals surface area contributed by atoms with E-state index >= 15 is 0 Å². The topological polar surface area (TPSA) is 55.9 Å². The average Bonchev–Trinajstić information content (AvgIpc) is 2.84. The number of hydrogen-bond acceptors (Lipinski definition) is 4. The van der Waals surface area contributed by atoms with Crippen LogP contribution in [0.25, 0.3) is 0 Å². The Hall–Kier alpha value is -1.62. The average molecular weight is 234 g/mol. The Morgan fingerprint density at radius 3 is 2.76 bits per heavy atom. The van der Waals surface area contributed by atoms with Gasteiger partial charge in [0.05, 0.1) is 11.9 Å². The van der Waals surface area contributed by atoms with Gasteiger partial charge in [0.15, 0.2) is 0 Å². The summed E-state index contributed by atoms with van der Waals surface area (Å²) in [6, 6.07) is 2.19. The third kappa shape index (κ3) is 2.55. The van der Waals surface area contributed by atoms with Gasteiger partial charge in [-0.1, -0.05) is 5.16 Å². The molecule has 1 atom stereocenters. The van der Waals surface area contributed by atoms with E-state index in [9.17, 15) is 0 Å². The van der Waals surface area contributed by atoms with Gasteiger partial charge in [-0.2, -0.15) is 5.10 Å². The molecule has 1 N–H and O–H groups in total. The van der Waals surface area contributed by atoms with Crippen molar-refractivity contribution in [1.82, 2.24) is 20.3 Å². The van der Waals surface area contributed by atoms with Crippen LogP contribution in [0.4, 0.5) is 0 Å². The predicted molar refractivity (Wildman–Crippen MR) is 64.4 cm³/mol. The van der Waals surface area contributed by atoms with Crippen LogP contribution in [-0.2, 0) is 13.6 Å². The molecule has 0 fully saturated rings. The minimum Gasteiger partial charge on any atom is -0.361 e. The van der Waals surface area contributed by atoms with Gasteiger partial charge in [0.2, 0.25) is 0 Å². The summed E-state index contributed by atoms with van der Waals surface area (Å²) in [7, 11) is 1.95. The lowest BCUT2D eigenvalue weighted by atomic mass is 10.1. The zero-order valence-electron chi connectivity index (χ0n) is 10.7. The summed E-state index contributed by atoms with van der Waals surface area (Å²) in [5.74, 6) is 0.840. The first-order valence-corrected chi connectivity index (χ1v) is 5.72. The molecule has 2 aromatic rings. The second-order valence-electron chi connectivity index (χ2n) is 4.34. The van der Waals surface area contributed by atoms with Crippen molar-refractivity contribution < 1.29 is 4.52 Å². The van der Waals surface area contributed by atoms with Crippen LogP contribution in [0.2, 0.25) is 0 Å². The molecule has 5 nitrogen and oxygen atoms in total. The summed E-state index contributed by atoms with van der Waals surface area (Å²) in [6.45, 7) is 6.79. The fraction of sp³-hybridized carbons (Fsp3) is 0.500. The largest absolute Gasteiger partial charge is 0.361 e. The van der Waals surface area contributed by atoms with E-state index in [0.717, 1.165) is 11.5 Å². The van der Waals surface area contributed by atoms with E-state index in [2.05, 4.69) is 29.4 Å². The summed E-state index contributed by atoms with van der Waals surface area (Å²) in [5, 5.41) is 11.6. The molecule has 0 saturated heterocycles. The zero-order chi connectivity index (χ0) is 12.4. The van der Waals surface area contributed by atoms with E-state index in [1.54, 1.807) is 0 Å². The van der Waals surface area contributed by atoms with Gasteiger partial charge < -0.3 is 9.84 Å². The van der Waals surface area contributed by atoms with Crippen LogP contribution in [0.5, 0.6) is 0 Å². The molecule has 0 aromatic carbocycles. The Balaban J connectivity index is 1.98. The van der Waals surface area contributed by atoms with Crippen molar-refractivity contribution in [1.29, 1.82) is 0 Å². The first-order chi connectivity index (χ1) is 8.08. The van der Waals surface area contributed by atoms with E-state index in [1.165, 1.54) is 11.3 Å². The molecule has 92 valence electrons. The Bertz CT molecular complexity index is 500. The monoisotopic (exact) mass is 234 g/mol. The van der Waals surface area contributed by atoms with Crippen molar-refractivity contribution in [3.8, 4) is 0 Å². The summed E-state index contributed by atoms with van der Waals surface area (Å²) in [4.78, 5) is 0. The van der Waals surface area contributed by atoms with Crippen LogP contribution < -0.4 is 5.32 Å². The molecule has 1 unspecified atom stereocenters. The summed E-state index contributed by atoms with van der Waals surface area (Å²) >= 11 is 0. The van der Waals surface area contributed by atoms with Crippen molar-refractivity contribution in [2.45, 2.75) is 33.4 Å². The van der Waals surface area contributed by atoms with Gasteiger partial charge in [-0.05, 0) is 20.8 Å². The molecule has 0 spiro atoms. The molecular formula is C12H18N4O. The molecule has 2 heterocycles. The number of hydrogen-bond donors (Lipinski definition) is 1. The molecule has 0 bridgehead atoms. The molecule has 0 saturated carbocycles. The fourth-order valence-corrected chi connectivity index (χ4v) is 1.81. The summed E-state index contributed by atoms with van der Waals surface area (Å²) in [6.07, 6.45) is 1.90. The maximum Gasteiger partial charge on any atom is 0.133 e. The molecule has 0 aliphatic rings. The Labute approximate surface area is 101 Å². The maximum atomic E-state index is 5.02. The summed E-state index contributed by atoms with van der Waals surface area (Å²) < 4.78 is 6.91. The predicted octanol–water partition coefficient (Wildman–Crippen LogP) is 1.88. The highest BCUT2D eigenvalue weighted by atomic mass is 16.5. The fourth-order valence-electron chi connectivity index (χ4n) is 1.81. The first-order valence-electron chi connectivity index (χ1n) is 5.72. The third-order valence-electron chi connectivity index (χ3n) is 3.01. The quantitative estimate of drug-likeness (QED) is 0.877. The lowest BCUT2D eigenvalue weighted by molar-refractivity contribution is 0.386. The molecule has 2 rings (SSSR count). The normalized spacial score (nSPS) is 12.9. The SMILES string of the molecule is Cc1cc(CNC(C)c2cnn(C)c2C)no1. The Morgan fingerprint density at radius 2 is 2.24 bits per heavy atom. The number of nitrogens with one attached hydrogen (secondary N) is 1. The van der Waals surface area contributed by atoms with Gasteiger partial charge in [0.1, 0.15) is 5.76 Å². The van der Waals surface area contributed by atoms with Gasteiger partial charge in [0.25, 0.3) is 0 Å². The molecule has 2 aromatic heterocycles. The standard InChI is InChI=1S/C12H18N4O/c1-8-5-11(15-17-8)6-13-9(2)12-7-14-16(4)10(12)3/h5,7,9,13H,6H2,1-4H3. The van der Waals surface area contributed by atoms with Crippen molar-refractivity contribution in [3.05, 3.63) is 35.0 Å². The molecule has 17 heavy (non-hydrogen) atoms. The van der Waals surface area contributed by atoms with Gasteiger partial charge in [-0.3, -0.25) is 4.68 Å². The lowest BCUT2D eigenvalue weighted by Gasteiger charge is -2.12. The molecule has 0 aliphatic carbocycles. The third-order valence-corrected chi connectivity index (χ3v) is 3.01. The van der Waals surface area contributed by atoms with Gasteiger partial charge in [-0.15, -0.1) is 0 Å². The molecule has 0 amide bonds. The molecule has 5 heteroatoms. The van der Waals surface area contributed by atoms with Crippen LogP contribution >= 0.6 is 0 Å². The highest BCUT2D eigenvalue weighted by Crippen LogP contribution is 2.16. The highest BCUT2D eigenvalue weighted by molar-refractivity contribution is 5.19. The number of nitrogens with zero attached hydrogens (tertiary/aromatic N) is 3. The smallest absolute Gasteiger partial charge is 0.133 e. The van der Waals surface area contributed by atoms with Crippen molar-refractivity contribution in [3.63, 3.8) is 0 Å². The van der Waals surface area contributed by atoms with Crippen LogP contribution in [0.1, 0.15) is 35.7 Å². The van der Waals surface area contributed by atoms with E-state index < -0.39 is 0 Å². The van der Waals surface area contributed by atoms with Crippen LogP contribution in [0.3, 0.4) is 0 Å². The van der Waals surface area contributed by atoms with E-state index in [0.29, 0.717) is 6.54 Å². The Kier molecular flexibility index (Phi) is 3.28. The van der Waals surface area contributed by atoms with Gasteiger partial charge in [-0.25, -0.2) is 0 Å². The van der Waals surface area contributed by atoms with E-state index in [-0.39, 0.29) is 6.04 Å². The highest BCUT2D eigenvalue weighted by Gasteiger charge is 2.12. The summed E-state index contributed by atoms with van der Waals surface area (Å²) in [5.41, 5.74) is 3.32. The maximum absolute atomic E-state index is 5.02. The second-order valence-corrected chi connectivity index (χ2v) is 4.34. The van der Waals surface area contributed by atoms with Crippen LogP contribution in [0, 0.1) is 13.8 Å². The van der Waals surface area contributed by atoms with E-state index in [1.807, 2.05) is 30.9 Å². The van der Waals surface area contributed by atoms with E-state index in [4.69, 9.17) is 4.52 Å². The minimum atomic E-state index is 0.251. The minimum absolute atomic E-state index is 0.251. The number of rotatable bonds is 4. The Morgan fingerprint density at radius 1 is 1.47 bits per heavy atom. The van der Waals surface area contributed by atoms with Gasteiger partial charge >= 0.3 is 0 Å².